The van der Waals surface area contributed by atoms with Crippen molar-refractivity contribution in [3.05, 3.63) is 30.5 Å². The Balaban J connectivity index is 2.45. The number of oxazole rings is 1. The average molecular weight is 161 g/mol. The van der Waals surface area contributed by atoms with Gasteiger partial charge in [0.2, 0.25) is 5.89 Å². The van der Waals surface area contributed by atoms with Crippen LogP contribution >= 0.6 is 0 Å². The van der Waals surface area contributed by atoms with Gasteiger partial charge in [-0.15, -0.1) is 0 Å². The Bertz CT molecular complexity index is 369. The van der Waals surface area contributed by atoms with E-state index in [9.17, 15) is 0 Å². The highest BCUT2D eigenvalue weighted by molar-refractivity contribution is 5.44. The lowest BCUT2D eigenvalue weighted by atomic mass is 10.4. The molecule has 0 aliphatic heterocycles. The molecular weight excluding hydrogens is 154 g/mol. The first-order valence-corrected chi connectivity index (χ1v) is 3.55. The number of aryl methyl sites for hydroxylation is 1. The van der Waals surface area contributed by atoms with Crippen LogP contribution in [-0.4, -0.2) is 15.0 Å². The van der Waals surface area contributed by atoms with Gasteiger partial charge in [0, 0.05) is 12.4 Å². The third-order valence-electron chi connectivity index (χ3n) is 1.40. The second-order valence-corrected chi connectivity index (χ2v) is 2.38. The van der Waals surface area contributed by atoms with E-state index in [0.29, 0.717) is 11.6 Å². The van der Waals surface area contributed by atoms with Crippen LogP contribution in [0.1, 0.15) is 5.69 Å². The van der Waals surface area contributed by atoms with Crippen LogP contribution in [0, 0.1) is 6.92 Å². The van der Waals surface area contributed by atoms with Crippen molar-refractivity contribution in [3.63, 3.8) is 0 Å². The molecule has 0 atom stereocenters. The Kier molecular flexibility index (Phi) is 1.59. The summed E-state index contributed by atoms with van der Waals surface area (Å²) in [4.78, 5) is 12.1. The molecule has 0 spiro atoms. The Morgan fingerprint density at radius 1 is 1.33 bits per heavy atom. The van der Waals surface area contributed by atoms with Gasteiger partial charge in [-0.2, -0.15) is 0 Å². The molecule has 0 radical (unpaired) electrons. The molecular formula is C8H7N3O. The monoisotopic (exact) mass is 161 g/mol. The maximum absolute atomic E-state index is 5.14. The predicted molar refractivity (Wildman–Crippen MR) is 42.3 cm³/mol. The standard InChI is InChI=1S/C8H7N3O/c1-6-5-12-8(11-6)7-4-9-2-3-10-7/h2-5H,1H3. The molecule has 2 rings (SSSR count). The molecule has 0 bridgehead atoms. The molecule has 0 aromatic carbocycles. The van der Waals surface area contributed by atoms with E-state index in [1.165, 1.54) is 0 Å². The largest absolute Gasteiger partial charge is 0.443 e. The Labute approximate surface area is 69.3 Å². The molecule has 2 heterocycles. The summed E-state index contributed by atoms with van der Waals surface area (Å²) in [6.45, 7) is 1.86. The summed E-state index contributed by atoms with van der Waals surface area (Å²) in [7, 11) is 0. The zero-order valence-electron chi connectivity index (χ0n) is 6.56. The fourth-order valence-corrected chi connectivity index (χ4v) is 0.881. The molecule has 2 aromatic rings. The van der Waals surface area contributed by atoms with Crippen LogP contribution in [0.25, 0.3) is 11.6 Å². The maximum Gasteiger partial charge on any atom is 0.246 e. The van der Waals surface area contributed by atoms with Crippen molar-refractivity contribution in [2.24, 2.45) is 0 Å². The van der Waals surface area contributed by atoms with Crippen molar-refractivity contribution in [2.75, 3.05) is 0 Å². The van der Waals surface area contributed by atoms with Gasteiger partial charge in [0.25, 0.3) is 0 Å². The predicted octanol–water partition coefficient (Wildman–Crippen LogP) is 1.44. The van der Waals surface area contributed by atoms with Gasteiger partial charge >= 0.3 is 0 Å². The first-order valence-electron chi connectivity index (χ1n) is 3.55. The van der Waals surface area contributed by atoms with Gasteiger partial charge in [0.1, 0.15) is 12.0 Å². The third-order valence-corrected chi connectivity index (χ3v) is 1.40. The summed E-state index contributed by atoms with van der Waals surface area (Å²) in [6.07, 6.45) is 6.42. The quantitative estimate of drug-likeness (QED) is 0.635. The zero-order valence-corrected chi connectivity index (χ0v) is 6.56. The van der Waals surface area contributed by atoms with E-state index in [1.54, 1.807) is 24.9 Å². The smallest absolute Gasteiger partial charge is 0.246 e. The fraction of sp³-hybridized carbons (Fsp3) is 0.125. The summed E-state index contributed by atoms with van der Waals surface area (Å²) in [5.74, 6) is 0.514. The second kappa shape index (κ2) is 2.73. The van der Waals surface area contributed by atoms with Gasteiger partial charge in [0.15, 0.2) is 0 Å². The number of hydrogen-bond acceptors (Lipinski definition) is 4. The van der Waals surface area contributed by atoms with E-state index in [0.717, 1.165) is 5.69 Å². The van der Waals surface area contributed by atoms with E-state index in [2.05, 4.69) is 15.0 Å². The molecule has 60 valence electrons. The number of aromatic nitrogens is 3. The van der Waals surface area contributed by atoms with E-state index >= 15 is 0 Å². The first-order chi connectivity index (χ1) is 5.86. The highest BCUT2D eigenvalue weighted by Gasteiger charge is 2.03. The van der Waals surface area contributed by atoms with E-state index < -0.39 is 0 Å². The van der Waals surface area contributed by atoms with Crippen LogP contribution in [0.15, 0.2) is 29.3 Å². The van der Waals surface area contributed by atoms with Gasteiger partial charge in [0.05, 0.1) is 11.9 Å². The normalized spacial score (nSPS) is 10.1. The van der Waals surface area contributed by atoms with Crippen molar-refractivity contribution < 1.29 is 4.42 Å². The van der Waals surface area contributed by atoms with Gasteiger partial charge in [-0.3, -0.25) is 4.98 Å². The highest BCUT2D eigenvalue weighted by Crippen LogP contribution is 2.13. The average Bonchev–Trinajstić information content (AvgIpc) is 2.54. The van der Waals surface area contributed by atoms with Crippen LogP contribution in [0.4, 0.5) is 0 Å². The van der Waals surface area contributed by atoms with Crippen molar-refractivity contribution in [2.45, 2.75) is 6.92 Å². The molecule has 0 amide bonds. The number of nitrogens with zero attached hydrogens (tertiary/aromatic N) is 3. The molecule has 12 heavy (non-hydrogen) atoms. The van der Waals surface area contributed by atoms with Crippen LogP contribution in [0.2, 0.25) is 0 Å². The van der Waals surface area contributed by atoms with E-state index in [4.69, 9.17) is 4.42 Å². The Morgan fingerprint density at radius 3 is 2.83 bits per heavy atom. The topological polar surface area (TPSA) is 51.8 Å². The van der Waals surface area contributed by atoms with Gasteiger partial charge in [-0.05, 0) is 6.92 Å². The van der Waals surface area contributed by atoms with Crippen LogP contribution in [0.5, 0.6) is 0 Å². The summed E-state index contributed by atoms with van der Waals surface area (Å²) >= 11 is 0. The van der Waals surface area contributed by atoms with Crippen LogP contribution in [0.3, 0.4) is 0 Å². The Hall–Kier alpha value is -1.71. The minimum atomic E-state index is 0.514. The molecule has 0 fully saturated rings. The second-order valence-electron chi connectivity index (χ2n) is 2.38. The van der Waals surface area contributed by atoms with Gasteiger partial charge < -0.3 is 4.42 Å². The minimum absolute atomic E-state index is 0.514. The van der Waals surface area contributed by atoms with Crippen LogP contribution < -0.4 is 0 Å². The minimum Gasteiger partial charge on any atom is -0.443 e. The molecule has 0 N–H and O–H groups in total. The van der Waals surface area contributed by atoms with Gasteiger partial charge in [-0.25, -0.2) is 9.97 Å². The lowest BCUT2D eigenvalue weighted by molar-refractivity contribution is 0.570. The summed E-state index contributed by atoms with van der Waals surface area (Å²) < 4.78 is 5.14. The third kappa shape index (κ3) is 1.18. The molecule has 0 saturated heterocycles. The summed E-state index contributed by atoms with van der Waals surface area (Å²) in [5.41, 5.74) is 1.50. The Morgan fingerprint density at radius 2 is 2.25 bits per heavy atom. The first kappa shape index (κ1) is 6.97. The molecule has 0 aliphatic carbocycles. The molecule has 4 nitrogen and oxygen atoms in total. The molecule has 0 unspecified atom stereocenters. The van der Waals surface area contributed by atoms with E-state index in [-0.39, 0.29) is 0 Å². The molecule has 0 saturated carbocycles. The number of rotatable bonds is 1. The van der Waals surface area contributed by atoms with Crippen molar-refractivity contribution in [1.29, 1.82) is 0 Å². The zero-order chi connectivity index (χ0) is 8.39. The lowest BCUT2D eigenvalue weighted by Crippen LogP contribution is -1.83. The summed E-state index contributed by atoms with van der Waals surface area (Å²) in [6, 6.07) is 0. The molecule has 0 aliphatic rings. The SMILES string of the molecule is Cc1coc(-c2cnccn2)n1. The number of hydrogen-bond donors (Lipinski definition) is 0. The van der Waals surface area contributed by atoms with Crippen LogP contribution in [-0.2, 0) is 0 Å². The van der Waals surface area contributed by atoms with Gasteiger partial charge in [-0.1, -0.05) is 0 Å². The lowest BCUT2D eigenvalue weighted by Gasteiger charge is -1.89. The highest BCUT2D eigenvalue weighted by atomic mass is 16.3. The molecule has 2 aromatic heterocycles. The summed E-state index contributed by atoms with van der Waals surface area (Å²) in [5, 5.41) is 0. The van der Waals surface area contributed by atoms with E-state index in [1.807, 2.05) is 6.92 Å². The fourth-order valence-electron chi connectivity index (χ4n) is 0.881. The molecule has 4 heteroatoms. The van der Waals surface area contributed by atoms with Crippen molar-refractivity contribution >= 4 is 0 Å². The van der Waals surface area contributed by atoms with Crippen molar-refractivity contribution in [3.8, 4) is 11.6 Å². The van der Waals surface area contributed by atoms with Crippen molar-refractivity contribution in [1.82, 2.24) is 15.0 Å². The maximum atomic E-state index is 5.14.